The molecule has 46 heavy (non-hydrogen) atoms. The fourth-order valence-corrected chi connectivity index (χ4v) is 8.40. The quantitative estimate of drug-likeness (QED) is 0.174. The lowest BCUT2D eigenvalue weighted by Crippen LogP contribution is -2.50. The third-order valence-corrected chi connectivity index (χ3v) is 12.2. The molecule has 0 saturated heterocycles. The SMILES string of the molecule is Cc1ccc(S(=O)(=O)NCCN(C(CNS(=O)(=O)c2ccc(C)cc2)Cc2ccc(N=O)cc2)S(=O)(=O)c2ccc(C)cc2)cc1. The number of hydrogen-bond acceptors (Lipinski definition) is 8. The average Bonchev–Trinajstić information content (AvgIpc) is 3.02. The second-order valence-electron chi connectivity index (χ2n) is 10.9. The summed E-state index contributed by atoms with van der Waals surface area (Å²) < 4.78 is 87.1. The highest BCUT2D eigenvalue weighted by Gasteiger charge is 2.33. The van der Waals surface area contributed by atoms with E-state index in [-0.39, 0.29) is 46.4 Å². The summed E-state index contributed by atoms with van der Waals surface area (Å²) in [6, 6.07) is 23.8. The number of nitrogens with one attached hydrogen (secondary N) is 2. The highest BCUT2D eigenvalue weighted by molar-refractivity contribution is 7.90. The summed E-state index contributed by atoms with van der Waals surface area (Å²) in [5, 5.41) is 2.90. The van der Waals surface area contributed by atoms with Crippen LogP contribution in [0.3, 0.4) is 0 Å². The second-order valence-corrected chi connectivity index (χ2v) is 16.3. The van der Waals surface area contributed by atoms with E-state index in [1.165, 1.54) is 48.5 Å². The normalized spacial score (nSPS) is 13.0. The van der Waals surface area contributed by atoms with E-state index in [4.69, 9.17) is 0 Å². The van der Waals surface area contributed by atoms with Crippen molar-refractivity contribution < 1.29 is 25.3 Å². The standard InChI is InChI=1S/C32H36N4O7S3/c1-24-4-14-30(15-5-24)44(38,39)33-20-21-36(46(42,43)32-18-8-26(3)9-19-32)29(22-27-10-12-28(35-37)13-11-27)23-34-45(40,41)31-16-6-25(2)7-17-31/h4-19,29,33-34H,20-23H2,1-3H3. The van der Waals surface area contributed by atoms with Crippen LogP contribution in [0.1, 0.15) is 22.3 Å². The maximum absolute atomic E-state index is 14.2. The molecule has 0 aliphatic heterocycles. The number of sulfonamides is 3. The first-order valence-corrected chi connectivity index (χ1v) is 18.8. The van der Waals surface area contributed by atoms with Gasteiger partial charge in [0.1, 0.15) is 5.69 Å². The van der Waals surface area contributed by atoms with Crippen LogP contribution in [0.2, 0.25) is 0 Å². The number of hydrogen-bond donors (Lipinski definition) is 2. The minimum atomic E-state index is -4.28. The van der Waals surface area contributed by atoms with E-state index in [2.05, 4.69) is 14.6 Å². The third kappa shape index (κ3) is 8.93. The number of benzene rings is 4. The molecule has 0 amide bonds. The van der Waals surface area contributed by atoms with Crippen LogP contribution >= 0.6 is 0 Å². The van der Waals surface area contributed by atoms with Gasteiger partial charge in [-0.2, -0.15) is 4.31 Å². The Hall–Kier alpha value is -3.79. The summed E-state index contributed by atoms with van der Waals surface area (Å²) in [5.41, 5.74) is 3.37. The van der Waals surface area contributed by atoms with Gasteiger partial charge < -0.3 is 0 Å². The van der Waals surface area contributed by atoms with E-state index in [0.29, 0.717) is 5.56 Å². The van der Waals surface area contributed by atoms with Gasteiger partial charge in [-0.25, -0.2) is 34.7 Å². The van der Waals surface area contributed by atoms with Gasteiger partial charge in [-0.05, 0) is 86.5 Å². The smallest absolute Gasteiger partial charge is 0.210 e. The molecule has 4 aromatic carbocycles. The van der Waals surface area contributed by atoms with Crippen LogP contribution in [0, 0.1) is 25.7 Å². The largest absolute Gasteiger partial charge is 0.243 e. The fraction of sp³-hybridized carbons (Fsp3) is 0.250. The molecule has 0 fully saturated rings. The Morgan fingerprint density at radius 3 is 1.50 bits per heavy atom. The third-order valence-electron chi connectivity index (χ3n) is 7.34. The monoisotopic (exact) mass is 684 g/mol. The van der Waals surface area contributed by atoms with Crippen molar-refractivity contribution in [2.24, 2.45) is 5.18 Å². The molecule has 0 heterocycles. The minimum Gasteiger partial charge on any atom is -0.210 e. The molecule has 2 N–H and O–H groups in total. The fourth-order valence-electron chi connectivity index (χ4n) is 4.68. The highest BCUT2D eigenvalue weighted by atomic mass is 32.2. The van der Waals surface area contributed by atoms with Gasteiger partial charge in [-0.3, -0.25) is 0 Å². The van der Waals surface area contributed by atoms with Crippen LogP contribution in [0.4, 0.5) is 5.69 Å². The van der Waals surface area contributed by atoms with Crippen molar-refractivity contribution in [1.82, 2.24) is 13.7 Å². The molecule has 0 radical (unpaired) electrons. The van der Waals surface area contributed by atoms with Crippen LogP contribution in [0.5, 0.6) is 0 Å². The molecule has 11 nitrogen and oxygen atoms in total. The zero-order valence-corrected chi connectivity index (χ0v) is 28.1. The van der Waals surface area contributed by atoms with Gasteiger partial charge in [0.2, 0.25) is 30.1 Å². The lowest BCUT2D eigenvalue weighted by Gasteiger charge is -2.31. The van der Waals surface area contributed by atoms with Gasteiger partial charge in [0.15, 0.2) is 0 Å². The van der Waals surface area contributed by atoms with Crippen LogP contribution in [-0.4, -0.2) is 55.2 Å². The molecule has 0 aliphatic carbocycles. The van der Waals surface area contributed by atoms with Crippen LogP contribution in [-0.2, 0) is 36.5 Å². The maximum atomic E-state index is 14.2. The summed E-state index contributed by atoms with van der Waals surface area (Å²) in [4.78, 5) is 11.0. The molecule has 1 atom stereocenters. The lowest BCUT2D eigenvalue weighted by atomic mass is 10.1. The number of nitrogens with zero attached hydrogens (tertiary/aromatic N) is 2. The van der Waals surface area contributed by atoms with Gasteiger partial charge in [-0.15, -0.1) is 4.91 Å². The zero-order valence-electron chi connectivity index (χ0n) is 25.6. The Morgan fingerprint density at radius 2 is 1.04 bits per heavy atom. The molecular weight excluding hydrogens is 649 g/mol. The molecule has 0 aromatic heterocycles. The van der Waals surface area contributed by atoms with Crippen molar-refractivity contribution in [2.45, 2.75) is 47.9 Å². The molecule has 0 saturated carbocycles. The van der Waals surface area contributed by atoms with Crippen molar-refractivity contribution in [3.8, 4) is 0 Å². The molecule has 4 rings (SSSR count). The van der Waals surface area contributed by atoms with E-state index >= 15 is 0 Å². The Bertz CT molecular complexity index is 1960. The number of nitroso groups, excluding NO2 is 1. The Morgan fingerprint density at radius 1 is 0.609 bits per heavy atom. The Labute approximate surface area is 270 Å². The van der Waals surface area contributed by atoms with Crippen LogP contribution < -0.4 is 9.44 Å². The van der Waals surface area contributed by atoms with Crippen molar-refractivity contribution >= 4 is 35.8 Å². The molecular formula is C32H36N4O7S3. The summed E-state index contributed by atoms with van der Waals surface area (Å²) in [6.45, 7) is 4.52. The average molecular weight is 685 g/mol. The number of rotatable bonds is 15. The van der Waals surface area contributed by atoms with Crippen molar-refractivity contribution in [3.63, 3.8) is 0 Å². The second kappa shape index (κ2) is 14.8. The van der Waals surface area contributed by atoms with E-state index in [1.807, 2.05) is 20.8 Å². The van der Waals surface area contributed by atoms with Crippen LogP contribution in [0.25, 0.3) is 0 Å². The first-order chi connectivity index (χ1) is 21.7. The van der Waals surface area contributed by atoms with Gasteiger partial charge in [0.25, 0.3) is 0 Å². The van der Waals surface area contributed by atoms with Crippen molar-refractivity contribution in [3.05, 3.63) is 124 Å². The molecule has 14 heteroatoms. The first-order valence-electron chi connectivity index (χ1n) is 14.3. The van der Waals surface area contributed by atoms with E-state index in [9.17, 15) is 30.2 Å². The summed E-state index contributed by atoms with van der Waals surface area (Å²) in [7, 11) is -12.3. The van der Waals surface area contributed by atoms with Gasteiger partial charge >= 0.3 is 0 Å². The summed E-state index contributed by atoms with van der Waals surface area (Å²) in [5.74, 6) is 0. The predicted molar refractivity (Wildman–Crippen MR) is 177 cm³/mol. The minimum absolute atomic E-state index is 0.0112. The number of aryl methyl sites for hydroxylation is 3. The predicted octanol–water partition coefficient (Wildman–Crippen LogP) is 4.57. The highest BCUT2D eigenvalue weighted by Crippen LogP contribution is 2.23. The van der Waals surface area contributed by atoms with Crippen molar-refractivity contribution in [2.75, 3.05) is 19.6 Å². The van der Waals surface area contributed by atoms with Crippen LogP contribution in [0.15, 0.2) is 117 Å². The van der Waals surface area contributed by atoms with E-state index in [1.54, 1.807) is 48.5 Å². The molecule has 0 spiro atoms. The summed E-state index contributed by atoms with van der Waals surface area (Å²) >= 11 is 0. The van der Waals surface area contributed by atoms with Gasteiger partial charge in [0.05, 0.1) is 14.7 Å². The Kier molecular flexibility index (Phi) is 11.2. The van der Waals surface area contributed by atoms with Gasteiger partial charge in [0, 0.05) is 25.7 Å². The maximum Gasteiger partial charge on any atom is 0.243 e. The first kappa shape index (κ1) is 35.1. The van der Waals surface area contributed by atoms with Crippen molar-refractivity contribution in [1.29, 1.82) is 0 Å². The topological polar surface area (TPSA) is 159 Å². The summed E-state index contributed by atoms with van der Waals surface area (Å²) in [6.07, 6.45) is 0.0331. The molecule has 244 valence electrons. The lowest BCUT2D eigenvalue weighted by molar-refractivity contribution is 0.318. The van der Waals surface area contributed by atoms with E-state index < -0.39 is 36.1 Å². The molecule has 4 aromatic rings. The molecule has 0 bridgehead atoms. The van der Waals surface area contributed by atoms with E-state index in [0.717, 1.165) is 21.0 Å². The molecule has 1 unspecified atom stereocenters. The Balaban J connectivity index is 1.71. The van der Waals surface area contributed by atoms with Gasteiger partial charge in [-0.1, -0.05) is 65.2 Å². The zero-order chi connectivity index (χ0) is 33.5. The molecule has 0 aliphatic rings.